The molecule has 0 radical (unpaired) electrons. The molecule has 1 fully saturated rings. The van der Waals surface area contributed by atoms with Gasteiger partial charge in [0, 0.05) is 31.7 Å². The van der Waals surface area contributed by atoms with Crippen LogP contribution in [-0.4, -0.2) is 66.5 Å². The largest absolute Gasteiger partial charge is 0.450 e. The summed E-state index contributed by atoms with van der Waals surface area (Å²) in [5.74, 6) is -0.408. The van der Waals surface area contributed by atoms with Crippen molar-refractivity contribution in [3.05, 3.63) is 35.4 Å². The third kappa shape index (κ3) is 4.71. The lowest BCUT2D eigenvalue weighted by atomic mass is 10.1. The highest BCUT2D eigenvalue weighted by Crippen LogP contribution is 2.09. The summed E-state index contributed by atoms with van der Waals surface area (Å²) < 4.78 is 4.96. The van der Waals surface area contributed by atoms with E-state index in [0.29, 0.717) is 38.3 Å². The normalized spacial score (nSPS) is 15.5. The second kappa shape index (κ2) is 8.50. The molecule has 136 valence electrons. The molecule has 0 unspecified atom stereocenters. The number of piperazine rings is 1. The van der Waals surface area contributed by atoms with E-state index >= 15 is 0 Å². The number of ether oxygens (including phenoxy) is 1. The minimum Gasteiger partial charge on any atom is -0.450 e. The van der Waals surface area contributed by atoms with Gasteiger partial charge in [-0.3, -0.25) is 9.59 Å². The number of carbonyl (C=O) groups excluding carboxylic acids is 3. The first-order chi connectivity index (χ1) is 11.9. The monoisotopic (exact) mass is 347 g/mol. The van der Waals surface area contributed by atoms with Crippen molar-refractivity contribution < 1.29 is 19.1 Å². The zero-order valence-electron chi connectivity index (χ0n) is 14.9. The molecule has 1 aliphatic rings. The molecule has 3 amide bonds. The first-order valence-corrected chi connectivity index (χ1v) is 8.51. The number of rotatable bonds is 4. The average Bonchev–Trinajstić information content (AvgIpc) is 2.61. The molecule has 0 aliphatic carbocycles. The average molecular weight is 347 g/mol. The molecule has 0 bridgehead atoms. The molecule has 1 N–H and O–H groups in total. The van der Waals surface area contributed by atoms with Crippen LogP contribution in [0.3, 0.4) is 0 Å². The van der Waals surface area contributed by atoms with Gasteiger partial charge in [0.05, 0.1) is 6.61 Å². The molecule has 1 aromatic rings. The van der Waals surface area contributed by atoms with E-state index in [2.05, 4.69) is 5.32 Å². The summed E-state index contributed by atoms with van der Waals surface area (Å²) in [5.41, 5.74) is 1.43. The van der Waals surface area contributed by atoms with Crippen LogP contribution in [0.2, 0.25) is 0 Å². The van der Waals surface area contributed by atoms with Gasteiger partial charge in [0.1, 0.15) is 6.04 Å². The molecular formula is C18H25N3O4. The number of benzene rings is 1. The molecule has 7 nitrogen and oxygen atoms in total. The minimum absolute atomic E-state index is 0.148. The lowest BCUT2D eigenvalue weighted by Crippen LogP contribution is -2.55. The molecule has 1 aromatic carbocycles. The Bertz CT molecular complexity index is 639. The number of hydrogen-bond acceptors (Lipinski definition) is 4. The molecule has 0 aromatic heterocycles. The zero-order chi connectivity index (χ0) is 18.4. The molecule has 0 spiro atoms. The van der Waals surface area contributed by atoms with E-state index in [9.17, 15) is 14.4 Å². The highest BCUT2D eigenvalue weighted by Gasteiger charge is 2.28. The lowest BCUT2D eigenvalue weighted by molar-refractivity contribution is -0.134. The Morgan fingerprint density at radius 3 is 2.32 bits per heavy atom. The van der Waals surface area contributed by atoms with Crippen LogP contribution in [0.25, 0.3) is 0 Å². The van der Waals surface area contributed by atoms with Crippen molar-refractivity contribution in [1.82, 2.24) is 15.1 Å². The maximum absolute atomic E-state index is 12.5. The molecule has 2 rings (SSSR count). The number of nitrogens with one attached hydrogen (secondary N) is 1. The molecule has 1 heterocycles. The molecule has 1 saturated heterocycles. The van der Waals surface area contributed by atoms with Gasteiger partial charge in [0.2, 0.25) is 5.91 Å². The van der Waals surface area contributed by atoms with Crippen LogP contribution in [0.4, 0.5) is 4.79 Å². The third-order valence-corrected chi connectivity index (χ3v) is 4.23. The van der Waals surface area contributed by atoms with Crippen LogP contribution >= 0.6 is 0 Å². The smallest absolute Gasteiger partial charge is 0.409 e. The van der Waals surface area contributed by atoms with Crippen LogP contribution in [0.5, 0.6) is 0 Å². The Labute approximate surface area is 147 Å². The van der Waals surface area contributed by atoms with Crippen molar-refractivity contribution in [2.45, 2.75) is 26.8 Å². The maximum Gasteiger partial charge on any atom is 0.409 e. The third-order valence-electron chi connectivity index (χ3n) is 4.23. The van der Waals surface area contributed by atoms with Gasteiger partial charge in [-0.1, -0.05) is 18.2 Å². The number of aryl methyl sites for hydroxylation is 1. The van der Waals surface area contributed by atoms with Gasteiger partial charge in [-0.05, 0) is 32.4 Å². The number of hydrogen-bond donors (Lipinski definition) is 1. The lowest BCUT2D eigenvalue weighted by Gasteiger charge is -2.35. The fourth-order valence-corrected chi connectivity index (χ4v) is 2.76. The topological polar surface area (TPSA) is 79.0 Å². The van der Waals surface area contributed by atoms with Gasteiger partial charge in [0.15, 0.2) is 0 Å². The van der Waals surface area contributed by atoms with Gasteiger partial charge in [-0.15, -0.1) is 0 Å². The number of nitrogens with zero attached hydrogens (tertiary/aromatic N) is 2. The van der Waals surface area contributed by atoms with Crippen molar-refractivity contribution in [2.24, 2.45) is 0 Å². The number of carbonyl (C=O) groups is 3. The fraction of sp³-hybridized carbons (Fsp3) is 0.500. The summed E-state index contributed by atoms with van der Waals surface area (Å²) in [6, 6.07) is 6.63. The highest BCUT2D eigenvalue weighted by atomic mass is 16.6. The molecule has 1 atom stereocenters. The first-order valence-electron chi connectivity index (χ1n) is 8.51. The van der Waals surface area contributed by atoms with Crippen molar-refractivity contribution in [1.29, 1.82) is 0 Å². The predicted molar refractivity (Wildman–Crippen MR) is 93.3 cm³/mol. The second-order valence-electron chi connectivity index (χ2n) is 6.02. The zero-order valence-corrected chi connectivity index (χ0v) is 14.9. The van der Waals surface area contributed by atoms with Crippen molar-refractivity contribution in [3.8, 4) is 0 Å². The molecule has 25 heavy (non-hydrogen) atoms. The van der Waals surface area contributed by atoms with Crippen molar-refractivity contribution in [2.75, 3.05) is 32.8 Å². The minimum atomic E-state index is -0.624. The number of amides is 3. The summed E-state index contributed by atoms with van der Waals surface area (Å²) in [6.07, 6.45) is -0.351. The van der Waals surface area contributed by atoms with Gasteiger partial charge in [0.25, 0.3) is 5.91 Å². The summed E-state index contributed by atoms with van der Waals surface area (Å²) in [6.45, 7) is 7.36. The van der Waals surface area contributed by atoms with Gasteiger partial charge in [-0.2, -0.15) is 0 Å². The van der Waals surface area contributed by atoms with E-state index in [4.69, 9.17) is 4.74 Å². The Kier molecular flexibility index (Phi) is 6.38. The molecule has 1 aliphatic heterocycles. The molecular weight excluding hydrogens is 322 g/mol. The van der Waals surface area contributed by atoms with E-state index in [0.717, 1.165) is 5.56 Å². The Balaban J connectivity index is 1.88. The molecule has 7 heteroatoms. The summed E-state index contributed by atoms with van der Waals surface area (Å²) in [5, 5.41) is 2.75. The maximum atomic E-state index is 12.5. The van der Waals surface area contributed by atoms with Crippen molar-refractivity contribution >= 4 is 17.9 Å². The Morgan fingerprint density at radius 1 is 1.12 bits per heavy atom. The summed E-state index contributed by atoms with van der Waals surface area (Å²) in [7, 11) is 0. The van der Waals surface area contributed by atoms with E-state index in [1.54, 1.807) is 35.8 Å². The summed E-state index contributed by atoms with van der Waals surface area (Å²) >= 11 is 0. The second-order valence-corrected chi connectivity index (χ2v) is 6.02. The predicted octanol–water partition coefficient (Wildman–Crippen LogP) is 1.41. The van der Waals surface area contributed by atoms with Crippen LogP contribution in [0.1, 0.15) is 29.8 Å². The molecule has 0 saturated carbocycles. The van der Waals surface area contributed by atoms with Crippen LogP contribution < -0.4 is 5.32 Å². The van der Waals surface area contributed by atoms with E-state index in [-0.39, 0.29) is 17.9 Å². The van der Waals surface area contributed by atoms with Gasteiger partial charge >= 0.3 is 6.09 Å². The standard InChI is InChI=1S/C18H25N3O4/c1-4-25-18(24)21-11-9-20(10-12-21)17(23)14(3)19-16(22)15-8-6-5-7-13(15)2/h5-8,14H,4,9-12H2,1-3H3,(H,19,22)/t14-/m0/s1. The first kappa shape index (κ1) is 18.8. The SMILES string of the molecule is CCOC(=O)N1CCN(C(=O)[C@H](C)NC(=O)c2ccccc2C)CC1. The van der Waals surface area contributed by atoms with Gasteiger partial charge in [-0.25, -0.2) is 4.79 Å². The Morgan fingerprint density at radius 2 is 1.72 bits per heavy atom. The highest BCUT2D eigenvalue weighted by molar-refractivity contribution is 5.98. The Hall–Kier alpha value is -2.57. The van der Waals surface area contributed by atoms with Gasteiger partial charge < -0.3 is 19.9 Å². The van der Waals surface area contributed by atoms with E-state index < -0.39 is 6.04 Å². The van der Waals surface area contributed by atoms with Crippen molar-refractivity contribution in [3.63, 3.8) is 0 Å². The fourth-order valence-electron chi connectivity index (χ4n) is 2.76. The van der Waals surface area contributed by atoms with E-state index in [1.165, 1.54) is 0 Å². The summed E-state index contributed by atoms with van der Waals surface area (Å²) in [4.78, 5) is 39.8. The quantitative estimate of drug-likeness (QED) is 0.893. The van der Waals surface area contributed by atoms with Crippen LogP contribution in [0.15, 0.2) is 24.3 Å². The van der Waals surface area contributed by atoms with Crippen LogP contribution in [-0.2, 0) is 9.53 Å². The van der Waals surface area contributed by atoms with Crippen LogP contribution in [0, 0.1) is 6.92 Å². The van der Waals surface area contributed by atoms with E-state index in [1.807, 2.05) is 19.1 Å².